The summed E-state index contributed by atoms with van der Waals surface area (Å²) in [4.78, 5) is 29.0. The molecule has 6 heteroatoms. The van der Waals surface area contributed by atoms with E-state index in [1.807, 2.05) is 95.9 Å². The standard InChI is InChI=1S/C30H32N2O4/c1-2-3-13-20-31-28(33)26-27-29(34)32(21-30(35-26,36-27)24-18-11-6-12-19-24)25(22-14-7-4-8-15-22)23-16-9-5-10-17-23/h4-12,14-19,25-27H,2-3,13,20-21H2,1H3,(H,31,33)/t26-,27-,30+/m1/s1. The third kappa shape index (κ3) is 4.66. The number of amides is 2. The van der Waals surface area contributed by atoms with Crippen LogP contribution in [0.4, 0.5) is 0 Å². The first-order valence-electron chi connectivity index (χ1n) is 12.7. The molecule has 5 rings (SSSR count). The van der Waals surface area contributed by atoms with Gasteiger partial charge in [0.1, 0.15) is 0 Å². The van der Waals surface area contributed by atoms with Gasteiger partial charge in [0.2, 0.25) is 5.79 Å². The fraction of sp³-hybridized carbons (Fsp3) is 0.333. The number of rotatable bonds is 9. The maximum Gasteiger partial charge on any atom is 0.256 e. The first-order valence-corrected chi connectivity index (χ1v) is 12.7. The minimum atomic E-state index is -1.23. The van der Waals surface area contributed by atoms with Gasteiger partial charge in [-0.3, -0.25) is 9.59 Å². The number of ether oxygens (including phenoxy) is 2. The number of nitrogens with zero attached hydrogens (tertiary/aromatic N) is 1. The molecule has 3 atom stereocenters. The number of benzene rings is 3. The Bertz CT molecular complexity index is 1130. The predicted molar refractivity (Wildman–Crippen MR) is 137 cm³/mol. The maximum absolute atomic E-state index is 14.0. The summed E-state index contributed by atoms with van der Waals surface area (Å²) in [5.41, 5.74) is 2.76. The molecule has 2 bridgehead atoms. The van der Waals surface area contributed by atoms with E-state index in [1.165, 1.54) is 0 Å². The highest BCUT2D eigenvalue weighted by Gasteiger charge is 2.61. The van der Waals surface area contributed by atoms with E-state index in [1.54, 1.807) is 0 Å². The minimum Gasteiger partial charge on any atom is -0.354 e. The number of morpholine rings is 1. The van der Waals surface area contributed by atoms with E-state index < -0.39 is 18.0 Å². The molecule has 0 saturated carbocycles. The van der Waals surface area contributed by atoms with Crippen LogP contribution in [0.25, 0.3) is 0 Å². The molecule has 3 aromatic rings. The molecule has 0 aromatic heterocycles. The minimum absolute atomic E-state index is 0.167. The Labute approximate surface area is 212 Å². The van der Waals surface area contributed by atoms with Crippen molar-refractivity contribution in [3.8, 4) is 0 Å². The summed E-state index contributed by atoms with van der Waals surface area (Å²) >= 11 is 0. The Hall–Kier alpha value is -3.48. The van der Waals surface area contributed by atoms with Gasteiger partial charge in [-0.15, -0.1) is 0 Å². The molecule has 2 heterocycles. The molecule has 1 N–H and O–H groups in total. The van der Waals surface area contributed by atoms with Crippen molar-refractivity contribution >= 4 is 11.8 Å². The van der Waals surface area contributed by atoms with E-state index >= 15 is 0 Å². The molecule has 6 nitrogen and oxygen atoms in total. The number of unbranched alkanes of at least 4 members (excludes halogenated alkanes) is 2. The lowest BCUT2D eigenvalue weighted by atomic mass is 9.94. The van der Waals surface area contributed by atoms with Crippen molar-refractivity contribution in [2.75, 3.05) is 13.1 Å². The number of carbonyl (C=O) groups excluding carboxylic acids is 2. The lowest BCUT2D eigenvalue weighted by Gasteiger charge is -2.42. The maximum atomic E-state index is 14.0. The van der Waals surface area contributed by atoms with Gasteiger partial charge >= 0.3 is 0 Å². The fourth-order valence-electron chi connectivity index (χ4n) is 5.12. The first-order chi connectivity index (χ1) is 17.6. The first kappa shape index (κ1) is 24.2. The Kier molecular flexibility index (Phi) is 7.16. The summed E-state index contributed by atoms with van der Waals surface area (Å²) in [5.74, 6) is -1.78. The highest BCUT2D eigenvalue weighted by molar-refractivity contribution is 5.93. The number of fused-ring (bicyclic) bond motifs is 2. The van der Waals surface area contributed by atoms with Crippen LogP contribution in [0.1, 0.15) is 48.9 Å². The third-order valence-electron chi connectivity index (χ3n) is 6.91. The van der Waals surface area contributed by atoms with Gasteiger partial charge in [-0.2, -0.15) is 0 Å². The van der Waals surface area contributed by atoms with Crippen molar-refractivity contribution in [1.29, 1.82) is 0 Å². The number of carbonyl (C=O) groups is 2. The van der Waals surface area contributed by atoms with Crippen LogP contribution < -0.4 is 5.32 Å². The average molecular weight is 485 g/mol. The number of hydrogen-bond donors (Lipinski definition) is 1. The van der Waals surface area contributed by atoms with Gasteiger partial charge in [-0.1, -0.05) is 111 Å². The van der Waals surface area contributed by atoms with Gasteiger partial charge in [-0.25, -0.2) is 0 Å². The van der Waals surface area contributed by atoms with Crippen molar-refractivity contribution in [2.24, 2.45) is 0 Å². The van der Waals surface area contributed by atoms with Crippen LogP contribution in [-0.4, -0.2) is 42.0 Å². The van der Waals surface area contributed by atoms with Gasteiger partial charge in [-0.05, 0) is 17.5 Å². The predicted octanol–water partition coefficient (Wildman–Crippen LogP) is 4.56. The van der Waals surface area contributed by atoms with E-state index in [0.29, 0.717) is 6.54 Å². The van der Waals surface area contributed by atoms with Crippen LogP contribution in [0.2, 0.25) is 0 Å². The summed E-state index contributed by atoms with van der Waals surface area (Å²) in [5, 5.41) is 2.95. The van der Waals surface area contributed by atoms with Crippen LogP contribution >= 0.6 is 0 Å². The van der Waals surface area contributed by atoms with Crippen molar-refractivity contribution in [3.05, 3.63) is 108 Å². The molecule has 0 spiro atoms. The van der Waals surface area contributed by atoms with E-state index in [2.05, 4.69) is 12.2 Å². The Morgan fingerprint density at radius 3 is 2.08 bits per heavy atom. The Morgan fingerprint density at radius 1 is 0.917 bits per heavy atom. The molecule has 0 aliphatic carbocycles. The zero-order valence-corrected chi connectivity index (χ0v) is 20.5. The van der Waals surface area contributed by atoms with Crippen LogP contribution in [-0.2, 0) is 24.8 Å². The molecule has 2 fully saturated rings. The third-order valence-corrected chi connectivity index (χ3v) is 6.91. The van der Waals surface area contributed by atoms with Crippen molar-refractivity contribution < 1.29 is 19.1 Å². The van der Waals surface area contributed by atoms with Gasteiger partial charge in [0.05, 0.1) is 12.6 Å². The van der Waals surface area contributed by atoms with Crippen molar-refractivity contribution in [2.45, 2.75) is 50.2 Å². The highest BCUT2D eigenvalue weighted by atomic mass is 16.8. The van der Waals surface area contributed by atoms with E-state index in [0.717, 1.165) is 36.0 Å². The largest absolute Gasteiger partial charge is 0.354 e. The molecule has 0 unspecified atom stereocenters. The average Bonchev–Trinajstić information content (AvgIpc) is 3.27. The summed E-state index contributed by atoms with van der Waals surface area (Å²) in [6, 6.07) is 29.2. The zero-order chi connectivity index (χ0) is 25.0. The van der Waals surface area contributed by atoms with Crippen LogP contribution in [0.15, 0.2) is 91.0 Å². The summed E-state index contributed by atoms with van der Waals surface area (Å²) < 4.78 is 12.7. The Balaban J connectivity index is 1.53. The summed E-state index contributed by atoms with van der Waals surface area (Å²) in [6.07, 6.45) is 0.931. The van der Waals surface area contributed by atoms with Gasteiger partial charge in [0.15, 0.2) is 12.2 Å². The monoisotopic (exact) mass is 484 g/mol. The summed E-state index contributed by atoms with van der Waals surface area (Å²) in [6.45, 7) is 2.83. The number of hydrogen-bond acceptors (Lipinski definition) is 4. The van der Waals surface area contributed by atoms with Crippen LogP contribution in [0.5, 0.6) is 0 Å². The van der Waals surface area contributed by atoms with Crippen molar-refractivity contribution in [1.82, 2.24) is 10.2 Å². The number of nitrogens with one attached hydrogen (secondary N) is 1. The molecule has 3 aromatic carbocycles. The Morgan fingerprint density at radius 2 is 1.50 bits per heavy atom. The van der Waals surface area contributed by atoms with Gasteiger partial charge < -0.3 is 19.7 Å². The normalized spacial score (nSPS) is 23.2. The van der Waals surface area contributed by atoms with Crippen LogP contribution in [0, 0.1) is 0 Å². The van der Waals surface area contributed by atoms with E-state index in [-0.39, 0.29) is 24.4 Å². The van der Waals surface area contributed by atoms with Gasteiger partial charge in [0.25, 0.3) is 11.8 Å². The molecule has 2 saturated heterocycles. The highest BCUT2D eigenvalue weighted by Crippen LogP contribution is 2.46. The van der Waals surface area contributed by atoms with E-state index in [4.69, 9.17) is 9.47 Å². The van der Waals surface area contributed by atoms with Gasteiger partial charge in [0, 0.05) is 12.1 Å². The molecule has 36 heavy (non-hydrogen) atoms. The SMILES string of the molecule is CCCCCNC(=O)[C@@H]1O[C@@]2(c3ccccc3)CN(C(c3ccccc3)c3ccccc3)C(=O)[C@@H]1O2. The molecule has 2 aliphatic rings. The second kappa shape index (κ2) is 10.6. The molecular formula is C30H32N2O4. The molecular weight excluding hydrogens is 452 g/mol. The van der Waals surface area contributed by atoms with Crippen LogP contribution in [0.3, 0.4) is 0 Å². The van der Waals surface area contributed by atoms with Crippen molar-refractivity contribution in [3.63, 3.8) is 0 Å². The fourth-order valence-corrected chi connectivity index (χ4v) is 5.12. The smallest absolute Gasteiger partial charge is 0.256 e. The zero-order valence-electron chi connectivity index (χ0n) is 20.5. The molecule has 0 radical (unpaired) electrons. The molecule has 186 valence electrons. The second-order valence-corrected chi connectivity index (χ2v) is 9.38. The lowest BCUT2D eigenvalue weighted by molar-refractivity contribution is -0.220. The lowest BCUT2D eigenvalue weighted by Crippen LogP contribution is -2.55. The molecule has 2 aliphatic heterocycles. The quantitative estimate of drug-likeness (QED) is 0.452. The molecule has 2 amide bonds. The van der Waals surface area contributed by atoms with E-state index in [9.17, 15) is 9.59 Å². The summed E-state index contributed by atoms with van der Waals surface area (Å²) in [7, 11) is 0. The second-order valence-electron chi connectivity index (χ2n) is 9.38. The topological polar surface area (TPSA) is 67.9 Å².